The molecule has 0 radical (unpaired) electrons. The van der Waals surface area contributed by atoms with Crippen molar-refractivity contribution in [3.05, 3.63) is 46.7 Å². The van der Waals surface area contributed by atoms with Crippen molar-refractivity contribution in [2.75, 3.05) is 26.2 Å². The van der Waals surface area contributed by atoms with Crippen molar-refractivity contribution >= 4 is 40.7 Å². The van der Waals surface area contributed by atoms with Gasteiger partial charge in [-0.15, -0.1) is 31.4 Å². The number of hydrogen-bond acceptors (Lipinski definition) is 2. The normalized spacial score (nSPS) is 16.5. The van der Waals surface area contributed by atoms with Crippen LogP contribution in [0, 0.1) is 5.82 Å². The molecule has 1 aliphatic rings. The number of nitrogens with one attached hydrogen (secondary N) is 1. The summed E-state index contributed by atoms with van der Waals surface area (Å²) >= 11 is 3.31. The molecule has 1 aliphatic heterocycles. The van der Waals surface area contributed by atoms with Crippen LogP contribution < -0.4 is 5.32 Å². The van der Waals surface area contributed by atoms with Gasteiger partial charge in [0.1, 0.15) is 5.82 Å². The van der Waals surface area contributed by atoms with Crippen molar-refractivity contribution in [3.63, 3.8) is 0 Å². The molecule has 1 fully saturated rings. The summed E-state index contributed by atoms with van der Waals surface area (Å²) in [4.78, 5) is 2.37. The molecule has 1 heterocycles. The number of hydrogen-bond donors (Lipinski definition) is 1. The summed E-state index contributed by atoms with van der Waals surface area (Å²) in [7, 11) is 0. The molecule has 1 saturated heterocycles. The van der Waals surface area contributed by atoms with E-state index in [2.05, 4.69) is 32.7 Å². The fourth-order valence-corrected chi connectivity index (χ4v) is 2.91. The Morgan fingerprint density at radius 1 is 1.33 bits per heavy atom. The smallest absolute Gasteiger partial charge is 0.129 e. The summed E-state index contributed by atoms with van der Waals surface area (Å²) < 4.78 is 15.0. The molecule has 0 unspecified atom stereocenters. The first-order chi connectivity index (χ1) is 9.22. The SMILES string of the molecule is C=CCC[C@@H](c1ccc(Br)cc1F)N1CCNCC1.Cl.Cl. The molecule has 0 aliphatic carbocycles. The highest BCUT2D eigenvalue weighted by Crippen LogP contribution is 2.29. The molecule has 21 heavy (non-hydrogen) atoms. The predicted molar refractivity (Wildman–Crippen MR) is 95.2 cm³/mol. The van der Waals surface area contributed by atoms with Gasteiger partial charge in [0, 0.05) is 42.3 Å². The van der Waals surface area contributed by atoms with E-state index < -0.39 is 0 Å². The van der Waals surface area contributed by atoms with Crippen molar-refractivity contribution in [3.8, 4) is 0 Å². The minimum atomic E-state index is -0.123. The van der Waals surface area contributed by atoms with Crippen molar-refractivity contribution in [1.29, 1.82) is 0 Å². The number of halogens is 4. The fraction of sp³-hybridized carbons (Fsp3) is 0.467. The minimum absolute atomic E-state index is 0. The molecule has 2 rings (SSSR count). The highest BCUT2D eigenvalue weighted by Gasteiger charge is 2.23. The van der Waals surface area contributed by atoms with Gasteiger partial charge in [0.25, 0.3) is 0 Å². The molecule has 2 nitrogen and oxygen atoms in total. The lowest BCUT2D eigenvalue weighted by Gasteiger charge is -2.35. The summed E-state index contributed by atoms with van der Waals surface area (Å²) in [5, 5.41) is 3.34. The quantitative estimate of drug-likeness (QED) is 0.740. The Labute approximate surface area is 147 Å². The second kappa shape index (κ2) is 10.6. The molecule has 6 heteroatoms. The lowest BCUT2D eigenvalue weighted by molar-refractivity contribution is 0.163. The molecule has 0 bridgehead atoms. The molecule has 0 amide bonds. The van der Waals surface area contributed by atoms with Crippen LogP contribution in [-0.2, 0) is 0 Å². The molecule has 0 aromatic heterocycles. The average Bonchev–Trinajstić information content (AvgIpc) is 2.42. The van der Waals surface area contributed by atoms with Gasteiger partial charge in [-0.3, -0.25) is 4.90 Å². The Bertz CT molecular complexity index is 440. The standard InChI is InChI=1S/C15H20BrFN2.2ClH/c1-2-3-4-15(19-9-7-18-8-10-19)13-6-5-12(16)11-14(13)17;;/h2,5-6,11,15,18H,1,3-4,7-10H2;2*1H/t15-;;/m0../s1. The zero-order valence-corrected chi connectivity index (χ0v) is 15.1. The summed E-state index contributed by atoms with van der Waals surface area (Å²) in [6, 6.07) is 5.52. The van der Waals surface area contributed by atoms with E-state index in [9.17, 15) is 4.39 Å². The summed E-state index contributed by atoms with van der Waals surface area (Å²) in [6.45, 7) is 7.66. The van der Waals surface area contributed by atoms with Crippen molar-refractivity contribution < 1.29 is 4.39 Å². The van der Waals surface area contributed by atoms with Gasteiger partial charge in [0.05, 0.1) is 0 Å². The molecule has 120 valence electrons. The minimum Gasteiger partial charge on any atom is -0.314 e. The van der Waals surface area contributed by atoms with E-state index in [0.717, 1.165) is 49.1 Å². The van der Waals surface area contributed by atoms with Gasteiger partial charge in [0.15, 0.2) is 0 Å². The van der Waals surface area contributed by atoms with Gasteiger partial charge in [0.2, 0.25) is 0 Å². The van der Waals surface area contributed by atoms with Crippen molar-refractivity contribution in [1.82, 2.24) is 10.2 Å². The van der Waals surface area contributed by atoms with E-state index in [1.54, 1.807) is 6.07 Å². The topological polar surface area (TPSA) is 15.3 Å². The summed E-state index contributed by atoms with van der Waals surface area (Å²) in [5.41, 5.74) is 0.798. The van der Waals surface area contributed by atoms with Gasteiger partial charge in [-0.2, -0.15) is 0 Å². The Balaban J connectivity index is 0.00000200. The van der Waals surface area contributed by atoms with Crippen LogP contribution in [0.15, 0.2) is 35.3 Å². The lowest BCUT2D eigenvalue weighted by Crippen LogP contribution is -2.45. The number of piperazine rings is 1. The van der Waals surface area contributed by atoms with E-state index >= 15 is 0 Å². The van der Waals surface area contributed by atoms with Crippen LogP contribution in [0.5, 0.6) is 0 Å². The summed E-state index contributed by atoms with van der Waals surface area (Å²) in [6.07, 6.45) is 3.73. The molecule has 1 aromatic carbocycles. The Morgan fingerprint density at radius 3 is 2.57 bits per heavy atom. The first-order valence-electron chi connectivity index (χ1n) is 6.73. The monoisotopic (exact) mass is 398 g/mol. The van der Waals surface area contributed by atoms with E-state index in [0.29, 0.717) is 0 Å². The molecule has 0 saturated carbocycles. The number of allylic oxidation sites excluding steroid dienone is 1. The van der Waals surface area contributed by atoms with Crippen LogP contribution in [0.25, 0.3) is 0 Å². The van der Waals surface area contributed by atoms with Crippen LogP contribution in [0.2, 0.25) is 0 Å². The van der Waals surface area contributed by atoms with Crippen LogP contribution in [-0.4, -0.2) is 31.1 Å². The van der Waals surface area contributed by atoms with Crippen LogP contribution in [0.4, 0.5) is 4.39 Å². The number of benzene rings is 1. The number of nitrogens with zero attached hydrogens (tertiary/aromatic N) is 1. The molecule has 1 N–H and O–H groups in total. The van der Waals surface area contributed by atoms with E-state index in [1.807, 2.05) is 18.2 Å². The van der Waals surface area contributed by atoms with Gasteiger partial charge < -0.3 is 5.32 Å². The largest absolute Gasteiger partial charge is 0.314 e. The van der Waals surface area contributed by atoms with E-state index in [-0.39, 0.29) is 36.7 Å². The highest BCUT2D eigenvalue weighted by molar-refractivity contribution is 9.10. The molecule has 1 aromatic rings. The maximum atomic E-state index is 14.2. The average molecular weight is 400 g/mol. The molecular formula is C15H22BrCl2FN2. The van der Waals surface area contributed by atoms with Crippen LogP contribution >= 0.6 is 40.7 Å². The van der Waals surface area contributed by atoms with Gasteiger partial charge in [-0.1, -0.05) is 28.1 Å². The third kappa shape index (κ3) is 5.87. The van der Waals surface area contributed by atoms with E-state index in [1.165, 1.54) is 0 Å². The zero-order chi connectivity index (χ0) is 13.7. The van der Waals surface area contributed by atoms with Gasteiger partial charge >= 0.3 is 0 Å². The lowest BCUT2D eigenvalue weighted by atomic mass is 9.99. The number of rotatable bonds is 5. The van der Waals surface area contributed by atoms with Gasteiger partial charge in [-0.25, -0.2) is 4.39 Å². The van der Waals surface area contributed by atoms with Gasteiger partial charge in [-0.05, 0) is 25.0 Å². The maximum Gasteiger partial charge on any atom is 0.129 e. The third-order valence-corrected chi connectivity index (χ3v) is 4.05. The fourth-order valence-electron chi connectivity index (χ4n) is 2.58. The van der Waals surface area contributed by atoms with Crippen LogP contribution in [0.3, 0.4) is 0 Å². The first kappa shape index (κ1) is 20.9. The Hall–Kier alpha value is -0.130. The van der Waals surface area contributed by atoms with Crippen molar-refractivity contribution in [2.24, 2.45) is 0 Å². The molecule has 0 spiro atoms. The van der Waals surface area contributed by atoms with E-state index in [4.69, 9.17) is 0 Å². The Morgan fingerprint density at radius 2 is 2.00 bits per heavy atom. The molecule has 1 atom stereocenters. The van der Waals surface area contributed by atoms with Crippen molar-refractivity contribution in [2.45, 2.75) is 18.9 Å². The second-order valence-corrected chi connectivity index (χ2v) is 5.75. The Kier molecular flexibility index (Phi) is 10.5. The highest BCUT2D eigenvalue weighted by atomic mass is 79.9. The first-order valence-corrected chi connectivity index (χ1v) is 7.52. The summed E-state index contributed by atoms with van der Waals surface area (Å²) in [5.74, 6) is -0.123. The molecular weight excluding hydrogens is 378 g/mol. The predicted octanol–water partition coefficient (Wildman–Crippen LogP) is 4.34. The second-order valence-electron chi connectivity index (χ2n) is 4.83. The third-order valence-electron chi connectivity index (χ3n) is 3.56. The zero-order valence-electron chi connectivity index (χ0n) is 11.9. The van der Waals surface area contributed by atoms with Crippen LogP contribution in [0.1, 0.15) is 24.4 Å². The maximum absolute atomic E-state index is 14.2.